The maximum Gasteiger partial charge on any atom is 0.416 e. The first-order valence-electron chi connectivity index (χ1n) is 5.18. The van der Waals surface area contributed by atoms with Gasteiger partial charge in [-0.1, -0.05) is 18.1 Å². The summed E-state index contributed by atoms with van der Waals surface area (Å²) in [5.41, 5.74) is -0.201. The van der Waals surface area contributed by atoms with Gasteiger partial charge in [-0.3, -0.25) is 4.79 Å². The van der Waals surface area contributed by atoms with Crippen molar-refractivity contribution in [2.24, 2.45) is 0 Å². The molecule has 0 aliphatic rings. The lowest BCUT2D eigenvalue weighted by Crippen LogP contribution is -2.28. The Morgan fingerprint density at radius 2 is 1.89 bits per heavy atom. The number of alkyl halides is 3. The smallest absolute Gasteiger partial charge is 0.334 e. The molecule has 96 valence electrons. The van der Waals surface area contributed by atoms with Crippen LogP contribution in [0.5, 0.6) is 0 Å². The van der Waals surface area contributed by atoms with E-state index in [9.17, 15) is 18.0 Å². The summed E-state index contributed by atoms with van der Waals surface area (Å²) in [7, 11) is 1.55. The number of hydrogen-bond donors (Lipinski definition) is 0. The van der Waals surface area contributed by atoms with Crippen molar-refractivity contribution in [3.63, 3.8) is 0 Å². The number of hydrogen-bond acceptors (Lipinski definition) is 1. The minimum Gasteiger partial charge on any atom is -0.334 e. The fraction of sp³-hybridized carbons (Fsp3) is 0.308. The molecule has 18 heavy (non-hydrogen) atoms. The van der Waals surface area contributed by atoms with Crippen LogP contribution in [0.1, 0.15) is 11.1 Å². The molecule has 5 heteroatoms. The fourth-order valence-corrected chi connectivity index (χ4v) is 1.35. The van der Waals surface area contributed by atoms with Crippen molar-refractivity contribution in [2.75, 3.05) is 13.6 Å². The number of amides is 1. The molecule has 0 radical (unpaired) electrons. The number of carbonyl (C=O) groups excluding carboxylic acids is 1. The van der Waals surface area contributed by atoms with Gasteiger partial charge >= 0.3 is 6.18 Å². The summed E-state index contributed by atoms with van der Waals surface area (Å²) >= 11 is 0. The van der Waals surface area contributed by atoms with E-state index >= 15 is 0 Å². The third kappa shape index (κ3) is 3.81. The summed E-state index contributed by atoms with van der Waals surface area (Å²) in [5, 5.41) is 0. The Hall–Kier alpha value is -1.96. The minimum atomic E-state index is -4.36. The van der Waals surface area contributed by atoms with Gasteiger partial charge in [0, 0.05) is 7.05 Å². The van der Waals surface area contributed by atoms with E-state index in [-0.39, 0.29) is 18.9 Å². The summed E-state index contributed by atoms with van der Waals surface area (Å²) in [6, 6.07) is 4.52. The number of benzene rings is 1. The van der Waals surface area contributed by atoms with E-state index in [0.29, 0.717) is 5.56 Å². The van der Waals surface area contributed by atoms with E-state index in [2.05, 4.69) is 5.92 Å². The Morgan fingerprint density at radius 1 is 1.33 bits per heavy atom. The molecule has 0 fully saturated rings. The van der Waals surface area contributed by atoms with Crippen molar-refractivity contribution in [1.82, 2.24) is 4.90 Å². The fourth-order valence-electron chi connectivity index (χ4n) is 1.35. The van der Waals surface area contributed by atoms with Crippen molar-refractivity contribution in [3.05, 3.63) is 35.4 Å². The van der Waals surface area contributed by atoms with Gasteiger partial charge in [0.1, 0.15) is 0 Å². The number of rotatable bonds is 3. The molecule has 0 N–H and O–H groups in total. The third-order valence-corrected chi connectivity index (χ3v) is 2.39. The van der Waals surface area contributed by atoms with Gasteiger partial charge < -0.3 is 4.90 Å². The normalized spacial score (nSPS) is 10.8. The van der Waals surface area contributed by atoms with Crippen molar-refractivity contribution >= 4 is 5.91 Å². The molecule has 2 nitrogen and oxygen atoms in total. The van der Waals surface area contributed by atoms with Crippen molar-refractivity contribution in [1.29, 1.82) is 0 Å². The average Bonchev–Trinajstić information content (AvgIpc) is 2.28. The molecule has 0 aliphatic heterocycles. The molecule has 0 heterocycles. The maximum absolute atomic E-state index is 12.3. The number of nitrogens with zero attached hydrogens (tertiary/aromatic N) is 1. The van der Waals surface area contributed by atoms with Gasteiger partial charge in [-0.25, -0.2) is 0 Å². The van der Waals surface area contributed by atoms with Crippen LogP contribution in [-0.2, 0) is 17.4 Å². The first-order valence-corrected chi connectivity index (χ1v) is 5.18. The van der Waals surface area contributed by atoms with E-state index in [4.69, 9.17) is 6.42 Å². The highest BCUT2D eigenvalue weighted by atomic mass is 19.4. The van der Waals surface area contributed by atoms with E-state index in [1.807, 2.05) is 0 Å². The van der Waals surface area contributed by atoms with Crippen LogP contribution in [0.2, 0.25) is 0 Å². The molecule has 1 rings (SSSR count). The second-order valence-corrected chi connectivity index (χ2v) is 3.83. The SMILES string of the molecule is C#CCN(C)C(=O)Cc1ccc(C(F)(F)F)cc1. The first-order chi connectivity index (χ1) is 8.34. The predicted octanol–water partition coefficient (Wildman–Crippen LogP) is 2.34. The van der Waals surface area contributed by atoms with Crippen LogP contribution in [0.3, 0.4) is 0 Å². The lowest BCUT2D eigenvalue weighted by atomic mass is 10.1. The molecule has 0 aliphatic carbocycles. The van der Waals surface area contributed by atoms with Crippen molar-refractivity contribution in [3.8, 4) is 12.3 Å². The maximum atomic E-state index is 12.3. The van der Waals surface area contributed by atoms with Crippen LogP contribution in [0.15, 0.2) is 24.3 Å². The van der Waals surface area contributed by atoms with Gasteiger partial charge in [-0.05, 0) is 17.7 Å². The van der Waals surface area contributed by atoms with Crippen LogP contribution in [0.4, 0.5) is 13.2 Å². The summed E-state index contributed by atoms with van der Waals surface area (Å²) in [5.74, 6) is 2.09. The number of carbonyl (C=O) groups is 1. The summed E-state index contributed by atoms with van der Waals surface area (Å²) < 4.78 is 36.9. The average molecular weight is 255 g/mol. The van der Waals surface area contributed by atoms with Gasteiger partial charge in [0.2, 0.25) is 5.91 Å². The highest BCUT2D eigenvalue weighted by Crippen LogP contribution is 2.29. The Labute approximate surface area is 103 Å². The lowest BCUT2D eigenvalue weighted by molar-refractivity contribution is -0.137. The molecule has 0 unspecified atom stereocenters. The standard InChI is InChI=1S/C13H12F3NO/c1-3-8-17(2)12(18)9-10-4-6-11(7-5-10)13(14,15)16/h1,4-7H,8-9H2,2H3. The van der Waals surface area contributed by atoms with Crippen LogP contribution < -0.4 is 0 Å². The molecule has 0 spiro atoms. The number of terminal acetylenes is 1. The van der Waals surface area contributed by atoms with Crippen LogP contribution in [-0.4, -0.2) is 24.4 Å². The Morgan fingerprint density at radius 3 is 2.33 bits per heavy atom. The predicted molar refractivity (Wildman–Crippen MR) is 61.6 cm³/mol. The second kappa shape index (κ2) is 5.58. The van der Waals surface area contributed by atoms with E-state index in [0.717, 1.165) is 12.1 Å². The molecule has 0 saturated carbocycles. The zero-order chi connectivity index (χ0) is 13.8. The highest BCUT2D eigenvalue weighted by Gasteiger charge is 2.29. The minimum absolute atomic E-state index is 0.0380. The summed E-state index contributed by atoms with van der Waals surface area (Å²) in [6.07, 6.45) is 0.739. The first kappa shape index (κ1) is 14.1. The monoisotopic (exact) mass is 255 g/mol. The second-order valence-electron chi connectivity index (χ2n) is 3.83. The van der Waals surface area contributed by atoms with E-state index in [1.165, 1.54) is 17.0 Å². The van der Waals surface area contributed by atoms with Gasteiger partial charge in [0.05, 0.1) is 18.5 Å². The van der Waals surface area contributed by atoms with Crippen LogP contribution in [0, 0.1) is 12.3 Å². The molecular formula is C13H12F3NO. The third-order valence-electron chi connectivity index (χ3n) is 2.39. The molecule has 1 aromatic rings. The zero-order valence-corrected chi connectivity index (χ0v) is 9.79. The van der Waals surface area contributed by atoms with Gasteiger partial charge in [-0.2, -0.15) is 13.2 Å². The van der Waals surface area contributed by atoms with Crippen LogP contribution >= 0.6 is 0 Å². The molecule has 1 aromatic carbocycles. The van der Waals surface area contributed by atoms with Gasteiger partial charge in [0.15, 0.2) is 0 Å². The highest BCUT2D eigenvalue weighted by molar-refractivity contribution is 5.78. The lowest BCUT2D eigenvalue weighted by Gasteiger charge is -2.14. The summed E-state index contributed by atoms with van der Waals surface area (Å²) in [6.45, 7) is 0.180. The molecule has 0 bridgehead atoms. The Balaban J connectivity index is 2.70. The molecule has 0 atom stereocenters. The van der Waals surface area contributed by atoms with Crippen molar-refractivity contribution < 1.29 is 18.0 Å². The molecule has 0 saturated heterocycles. The van der Waals surface area contributed by atoms with Gasteiger partial charge in [-0.15, -0.1) is 6.42 Å². The van der Waals surface area contributed by atoms with E-state index in [1.54, 1.807) is 7.05 Å². The number of halogens is 3. The Bertz CT molecular complexity index is 457. The Kier molecular flexibility index (Phi) is 4.38. The number of likely N-dealkylation sites (N-methyl/N-ethyl adjacent to an activating group) is 1. The summed E-state index contributed by atoms with van der Waals surface area (Å²) in [4.78, 5) is 12.9. The topological polar surface area (TPSA) is 20.3 Å². The van der Waals surface area contributed by atoms with Gasteiger partial charge in [0.25, 0.3) is 0 Å². The molecule has 1 amide bonds. The van der Waals surface area contributed by atoms with Crippen LogP contribution in [0.25, 0.3) is 0 Å². The largest absolute Gasteiger partial charge is 0.416 e. The van der Waals surface area contributed by atoms with E-state index < -0.39 is 11.7 Å². The quantitative estimate of drug-likeness (QED) is 0.759. The zero-order valence-electron chi connectivity index (χ0n) is 9.79. The molecular weight excluding hydrogens is 243 g/mol. The van der Waals surface area contributed by atoms with Crippen molar-refractivity contribution in [2.45, 2.75) is 12.6 Å². The molecule has 0 aromatic heterocycles.